The molecule has 4 aromatic rings. The van der Waals surface area contributed by atoms with E-state index in [1.807, 2.05) is 90.2 Å². The number of nitrogens with one attached hydrogen (secondary N) is 1. The first-order chi connectivity index (χ1) is 20.5. The van der Waals surface area contributed by atoms with Crippen LogP contribution in [0.3, 0.4) is 0 Å². The summed E-state index contributed by atoms with van der Waals surface area (Å²) in [6.07, 6.45) is 4.87. The number of benzene rings is 2. The van der Waals surface area contributed by atoms with Gasteiger partial charge in [-0.15, -0.1) is 10.2 Å². The van der Waals surface area contributed by atoms with Gasteiger partial charge in [-0.2, -0.15) is 0 Å². The first-order valence-electron chi connectivity index (χ1n) is 14.9. The number of rotatable bonds is 11. The van der Waals surface area contributed by atoms with Gasteiger partial charge >= 0.3 is 0 Å². The minimum Gasteiger partial charge on any atom is -0.497 e. The van der Waals surface area contributed by atoms with Crippen molar-refractivity contribution in [3.05, 3.63) is 78.0 Å². The molecule has 0 spiro atoms. The van der Waals surface area contributed by atoms with Gasteiger partial charge in [0.15, 0.2) is 11.6 Å². The van der Waals surface area contributed by atoms with Crippen LogP contribution >= 0.6 is 0 Å². The fourth-order valence-electron chi connectivity index (χ4n) is 5.75. The Morgan fingerprint density at radius 2 is 1.74 bits per heavy atom. The summed E-state index contributed by atoms with van der Waals surface area (Å²) in [5, 5.41) is 13.2. The number of hydrogen-bond donors (Lipinski definition) is 1. The summed E-state index contributed by atoms with van der Waals surface area (Å²) in [6.45, 7) is 7.61. The molecule has 2 aromatic carbocycles. The van der Waals surface area contributed by atoms with Crippen LogP contribution in [0.4, 0.5) is 5.82 Å². The highest BCUT2D eigenvalue weighted by atomic mass is 16.5. The molecule has 3 heterocycles. The summed E-state index contributed by atoms with van der Waals surface area (Å²) >= 11 is 0. The highest BCUT2D eigenvalue weighted by molar-refractivity contribution is 5.90. The number of carbonyl (C=O) groups is 2. The molecule has 9 nitrogen and oxygen atoms in total. The zero-order valence-electron chi connectivity index (χ0n) is 24.8. The van der Waals surface area contributed by atoms with Gasteiger partial charge in [0, 0.05) is 44.3 Å². The standard InChI is InChI=1S/C33H40N6O3/c1-4-37(5-2)33(41)25-9-8-20-38(22-25)30-16-17-31(36-35-30)39-23-26(28-10-6-7-11-29(28)39)21-32(40)34-19-18-24-12-14-27(42-3)15-13-24/h6-7,10-17,23,25H,4-5,8-9,18-22H2,1-3H3,(H,34,40). The van der Waals surface area contributed by atoms with Crippen LogP contribution in [-0.4, -0.2) is 71.3 Å². The summed E-state index contributed by atoms with van der Waals surface area (Å²) < 4.78 is 7.21. The predicted octanol–water partition coefficient (Wildman–Crippen LogP) is 4.42. The lowest BCUT2D eigenvalue weighted by Crippen LogP contribution is -2.45. The Bertz CT molecular complexity index is 1490. The van der Waals surface area contributed by atoms with E-state index in [4.69, 9.17) is 4.74 Å². The minimum absolute atomic E-state index is 0.0153. The van der Waals surface area contributed by atoms with Crippen LogP contribution < -0.4 is 15.0 Å². The fourth-order valence-corrected chi connectivity index (χ4v) is 5.75. The molecule has 1 unspecified atom stereocenters. The normalized spacial score (nSPS) is 15.0. The number of carbonyl (C=O) groups excluding carboxylic acids is 2. The molecule has 2 aromatic heterocycles. The van der Waals surface area contributed by atoms with Crippen molar-refractivity contribution in [2.45, 2.75) is 39.5 Å². The third kappa shape index (κ3) is 6.56. The van der Waals surface area contributed by atoms with Gasteiger partial charge in [0.1, 0.15) is 5.75 Å². The predicted molar refractivity (Wildman–Crippen MR) is 165 cm³/mol. The average Bonchev–Trinajstić information content (AvgIpc) is 3.40. The molecule has 0 saturated carbocycles. The number of para-hydroxylation sites is 1. The highest BCUT2D eigenvalue weighted by Crippen LogP contribution is 2.27. The van der Waals surface area contributed by atoms with Crippen LogP contribution in [0.2, 0.25) is 0 Å². The minimum atomic E-state index is -0.0215. The lowest BCUT2D eigenvalue weighted by Gasteiger charge is -2.34. The van der Waals surface area contributed by atoms with Crippen LogP contribution in [0.5, 0.6) is 5.75 Å². The number of piperidine rings is 1. The second kappa shape index (κ2) is 13.5. The maximum Gasteiger partial charge on any atom is 0.227 e. The van der Waals surface area contributed by atoms with Gasteiger partial charge in [0.25, 0.3) is 0 Å². The van der Waals surface area contributed by atoms with E-state index in [-0.39, 0.29) is 24.2 Å². The van der Waals surface area contributed by atoms with Gasteiger partial charge in [-0.05, 0) is 74.6 Å². The van der Waals surface area contributed by atoms with Gasteiger partial charge < -0.3 is 19.9 Å². The molecule has 9 heteroatoms. The quantitative estimate of drug-likeness (QED) is 0.288. The van der Waals surface area contributed by atoms with Crippen LogP contribution in [0.15, 0.2) is 66.9 Å². The van der Waals surface area contributed by atoms with Crippen molar-refractivity contribution in [2.24, 2.45) is 5.92 Å². The van der Waals surface area contributed by atoms with E-state index in [2.05, 4.69) is 20.4 Å². The SMILES string of the molecule is CCN(CC)C(=O)C1CCCN(c2ccc(-n3cc(CC(=O)NCCc4ccc(OC)cc4)c4ccccc43)nn2)C1. The monoisotopic (exact) mass is 568 g/mol. The lowest BCUT2D eigenvalue weighted by atomic mass is 9.96. The summed E-state index contributed by atoms with van der Waals surface area (Å²) in [6, 6.07) is 19.9. The molecular weight excluding hydrogens is 528 g/mol. The second-order valence-electron chi connectivity index (χ2n) is 10.7. The molecule has 1 atom stereocenters. The summed E-state index contributed by atoms with van der Waals surface area (Å²) in [4.78, 5) is 29.9. The van der Waals surface area contributed by atoms with E-state index in [0.29, 0.717) is 18.9 Å². The zero-order valence-corrected chi connectivity index (χ0v) is 24.8. The third-order valence-electron chi connectivity index (χ3n) is 8.09. The van der Waals surface area contributed by atoms with E-state index < -0.39 is 0 Å². The number of ether oxygens (including phenoxy) is 1. The molecule has 0 bridgehead atoms. The number of methoxy groups -OCH3 is 1. The Kier molecular flexibility index (Phi) is 9.36. The Balaban J connectivity index is 1.25. The van der Waals surface area contributed by atoms with Gasteiger partial charge in [-0.1, -0.05) is 30.3 Å². The topological polar surface area (TPSA) is 92.6 Å². The van der Waals surface area contributed by atoms with Gasteiger partial charge in [-0.25, -0.2) is 0 Å². The molecule has 42 heavy (non-hydrogen) atoms. The zero-order chi connectivity index (χ0) is 29.5. The van der Waals surface area contributed by atoms with Crippen molar-refractivity contribution in [1.29, 1.82) is 0 Å². The van der Waals surface area contributed by atoms with Crippen molar-refractivity contribution < 1.29 is 14.3 Å². The van der Waals surface area contributed by atoms with E-state index >= 15 is 0 Å². The van der Waals surface area contributed by atoms with E-state index in [1.165, 1.54) is 0 Å². The smallest absolute Gasteiger partial charge is 0.227 e. The van der Waals surface area contributed by atoms with E-state index in [1.54, 1.807) is 7.11 Å². The largest absolute Gasteiger partial charge is 0.497 e. The van der Waals surface area contributed by atoms with Crippen LogP contribution in [0, 0.1) is 5.92 Å². The third-order valence-corrected chi connectivity index (χ3v) is 8.09. The van der Waals surface area contributed by atoms with Crippen LogP contribution in [0.1, 0.15) is 37.8 Å². The maximum absolute atomic E-state index is 13.0. The van der Waals surface area contributed by atoms with E-state index in [0.717, 1.165) is 72.5 Å². The molecule has 0 aliphatic carbocycles. The Hall–Kier alpha value is -4.40. The molecule has 0 radical (unpaired) electrons. The second-order valence-corrected chi connectivity index (χ2v) is 10.7. The van der Waals surface area contributed by atoms with Crippen molar-refractivity contribution >= 4 is 28.5 Å². The maximum atomic E-state index is 13.0. The number of anilines is 1. The molecule has 1 aliphatic rings. The molecule has 1 saturated heterocycles. The first-order valence-corrected chi connectivity index (χ1v) is 14.9. The molecule has 1 fully saturated rings. The number of aromatic nitrogens is 3. The van der Waals surface area contributed by atoms with Crippen molar-refractivity contribution in [3.63, 3.8) is 0 Å². The van der Waals surface area contributed by atoms with Crippen LogP contribution in [0.25, 0.3) is 16.7 Å². The van der Waals surface area contributed by atoms with Crippen LogP contribution in [-0.2, 0) is 22.4 Å². The van der Waals surface area contributed by atoms with Gasteiger partial charge in [-0.3, -0.25) is 14.2 Å². The van der Waals surface area contributed by atoms with Crippen molar-refractivity contribution in [1.82, 2.24) is 25.0 Å². The number of amides is 2. The molecule has 2 amide bonds. The number of hydrogen-bond acceptors (Lipinski definition) is 6. The Morgan fingerprint density at radius 3 is 2.45 bits per heavy atom. The summed E-state index contributed by atoms with van der Waals surface area (Å²) in [5.41, 5.74) is 3.06. The highest BCUT2D eigenvalue weighted by Gasteiger charge is 2.29. The molecule has 1 aliphatic heterocycles. The Labute approximate surface area is 247 Å². The summed E-state index contributed by atoms with van der Waals surface area (Å²) in [5.74, 6) is 2.48. The summed E-state index contributed by atoms with van der Waals surface area (Å²) in [7, 11) is 1.65. The lowest BCUT2D eigenvalue weighted by molar-refractivity contribution is -0.135. The fraction of sp³-hybridized carbons (Fsp3) is 0.394. The number of fused-ring (bicyclic) bond motifs is 1. The molecule has 1 N–H and O–H groups in total. The average molecular weight is 569 g/mol. The first kappa shape index (κ1) is 29.1. The van der Waals surface area contributed by atoms with Crippen molar-refractivity contribution in [2.75, 3.05) is 44.7 Å². The molecule has 5 rings (SSSR count). The van der Waals surface area contributed by atoms with E-state index in [9.17, 15) is 9.59 Å². The Morgan fingerprint density at radius 1 is 1.00 bits per heavy atom. The molecular formula is C33H40N6O3. The molecule has 220 valence electrons. The van der Waals surface area contributed by atoms with Crippen molar-refractivity contribution in [3.8, 4) is 11.6 Å². The van der Waals surface area contributed by atoms with Gasteiger partial charge in [0.05, 0.1) is 25.0 Å². The van der Waals surface area contributed by atoms with Gasteiger partial charge in [0.2, 0.25) is 11.8 Å². The number of nitrogens with zero attached hydrogens (tertiary/aromatic N) is 5.